The monoisotopic (exact) mass is 354 g/mol. The second kappa shape index (κ2) is 10.5. The zero-order valence-electron chi connectivity index (χ0n) is 14.5. The Bertz CT molecular complexity index is 502. The van der Waals surface area contributed by atoms with Gasteiger partial charge in [0.05, 0.1) is 6.10 Å². The van der Waals surface area contributed by atoms with Gasteiger partial charge in [0.1, 0.15) is 5.15 Å². The summed E-state index contributed by atoms with van der Waals surface area (Å²) in [6.45, 7) is 4.12. The molecule has 1 saturated heterocycles. The van der Waals surface area contributed by atoms with Crippen LogP contribution in [0.25, 0.3) is 0 Å². The molecule has 1 aliphatic heterocycles. The molecule has 1 aliphatic rings. The van der Waals surface area contributed by atoms with Gasteiger partial charge in [0.2, 0.25) is 0 Å². The van der Waals surface area contributed by atoms with E-state index in [0.29, 0.717) is 17.8 Å². The van der Waals surface area contributed by atoms with Crippen LogP contribution in [0.15, 0.2) is 23.3 Å². The van der Waals surface area contributed by atoms with Gasteiger partial charge in [-0.3, -0.25) is 4.99 Å². The lowest BCUT2D eigenvalue weighted by atomic mass is 10.1. The number of nitrogens with zero attached hydrogens (tertiary/aromatic N) is 3. The largest absolute Gasteiger partial charge is 0.385 e. The van der Waals surface area contributed by atoms with Crippen LogP contribution >= 0.6 is 11.6 Å². The molecular formula is C17H27ClN4O2. The van der Waals surface area contributed by atoms with E-state index >= 15 is 0 Å². The number of pyridine rings is 1. The lowest BCUT2D eigenvalue weighted by Gasteiger charge is -2.34. The Morgan fingerprint density at radius 1 is 1.38 bits per heavy atom. The fraction of sp³-hybridized carbons (Fsp3) is 0.647. The summed E-state index contributed by atoms with van der Waals surface area (Å²) in [7, 11) is 3.53. The number of hydrogen-bond acceptors (Lipinski definition) is 4. The summed E-state index contributed by atoms with van der Waals surface area (Å²) in [5.74, 6) is 0.919. The molecule has 0 saturated carbocycles. The molecule has 1 aromatic heterocycles. The first-order valence-corrected chi connectivity index (χ1v) is 8.77. The molecule has 134 valence electrons. The quantitative estimate of drug-likeness (QED) is 0.352. The maximum Gasteiger partial charge on any atom is 0.193 e. The molecule has 6 nitrogen and oxygen atoms in total. The number of piperidine rings is 1. The molecule has 2 rings (SSSR count). The average Bonchev–Trinajstić information content (AvgIpc) is 2.62. The van der Waals surface area contributed by atoms with Gasteiger partial charge in [-0.1, -0.05) is 17.7 Å². The van der Waals surface area contributed by atoms with Crippen LogP contribution < -0.4 is 5.32 Å². The van der Waals surface area contributed by atoms with Crippen LogP contribution in [0.4, 0.5) is 0 Å². The number of hydrogen-bond donors (Lipinski definition) is 1. The van der Waals surface area contributed by atoms with Gasteiger partial charge in [0, 0.05) is 53.2 Å². The molecule has 0 radical (unpaired) electrons. The highest BCUT2D eigenvalue weighted by atomic mass is 35.5. The van der Waals surface area contributed by atoms with Gasteiger partial charge in [-0.25, -0.2) is 4.98 Å². The van der Waals surface area contributed by atoms with Crippen LogP contribution in [-0.4, -0.2) is 62.4 Å². The van der Waals surface area contributed by atoms with Crippen LogP contribution in [0.3, 0.4) is 0 Å². The molecule has 24 heavy (non-hydrogen) atoms. The number of aliphatic imine (C=N–C) groups is 1. The fourth-order valence-corrected chi connectivity index (χ4v) is 2.82. The van der Waals surface area contributed by atoms with Crippen LogP contribution in [0.5, 0.6) is 0 Å². The minimum absolute atomic E-state index is 0.344. The summed E-state index contributed by atoms with van der Waals surface area (Å²) < 4.78 is 10.9. The van der Waals surface area contributed by atoms with Gasteiger partial charge in [-0.05, 0) is 30.9 Å². The zero-order chi connectivity index (χ0) is 17.2. The number of likely N-dealkylation sites (tertiary alicyclic amines) is 1. The van der Waals surface area contributed by atoms with Gasteiger partial charge >= 0.3 is 0 Å². The molecule has 0 aromatic carbocycles. The van der Waals surface area contributed by atoms with E-state index in [2.05, 4.69) is 20.2 Å². The van der Waals surface area contributed by atoms with Gasteiger partial charge < -0.3 is 19.7 Å². The smallest absolute Gasteiger partial charge is 0.193 e. The van der Waals surface area contributed by atoms with Gasteiger partial charge in [0.25, 0.3) is 0 Å². The summed E-state index contributed by atoms with van der Waals surface area (Å²) in [6.07, 6.45) is 5.13. The lowest BCUT2D eigenvalue weighted by molar-refractivity contribution is 0.00989. The van der Waals surface area contributed by atoms with E-state index in [9.17, 15) is 0 Å². The third kappa shape index (κ3) is 6.26. The Morgan fingerprint density at radius 2 is 2.17 bits per heavy atom. The first-order valence-electron chi connectivity index (χ1n) is 8.39. The Labute approximate surface area is 149 Å². The zero-order valence-corrected chi connectivity index (χ0v) is 15.3. The Kier molecular flexibility index (Phi) is 8.28. The summed E-state index contributed by atoms with van der Waals surface area (Å²) in [6, 6.07) is 3.77. The number of methoxy groups -OCH3 is 1. The number of guanidine groups is 1. The molecule has 1 N–H and O–H groups in total. The van der Waals surface area contributed by atoms with Crippen LogP contribution in [-0.2, 0) is 16.0 Å². The van der Waals surface area contributed by atoms with E-state index in [1.807, 2.05) is 13.1 Å². The minimum atomic E-state index is 0.344. The van der Waals surface area contributed by atoms with Crippen molar-refractivity contribution < 1.29 is 9.47 Å². The molecule has 0 bridgehead atoms. The number of halogens is 1. The fourth-order valence-electron chi connectivity index (χ4n) is 2.71. The van der Waals surface area contributed by atoms with Crippen LogP contribution in [0.1, 0.15) is 24.8 Å². The summed E-state index contributed by atoms with van der Waals surface area (Å²) in [4.78, 5) is 10.8. The van der Waals surface area contributed by atoms with Gasteiger partial charge in [0.15, 0.2) is 5.96 Å². The third-order valence-electron chi connectivity index (χ3n) is 4.04. The van der Waals surface area contributed by atoms with Crippen molar-refractivity contribution in [2.24, 2.45) is 4.99 Å². The van der Waals surface area contributed by atoms with Crippen molar-refractivity contribution in [1.82, 2.24) is 15.2 Å². The summed E-state index contributed by atoms with van der Waals surface area (Å²) >= 11 is 5.81. The first kappa shape index (κ1) is 19.0. The molecule has 0 spiro atoms. The highest BCUT2D eigenvalue weighted by Gasteiger charge is 2.21. The van der Waals surface area contributed by atoms with Crippen molar-refractivity contribution in [2.75, 3.05) is 40.5 Å². The molecule has 1 aromatic rings. The average molecular weight is 355 g/mol. The van der Waals surface area contributed by atoms with Gasteiger partial charge in [-0.2, -0.15) is 0 Å². The van der Waals surface area contributed by atoms with E-state index in [1.165, 1.54) is 0 Å². The van der Waals surface area contributed by atoms with E-state index in [1.54, 1.807) is 19.4 Å². The van der Waals surface area contributed by atoms with Crippen LogP contribution in [0, 0.1) is 0 Å². The van der Waals surface area contributed by atoms with Crippen molar-refractivity contribution in [1.29, 1.82) is 0 Å². The molecule has 0 unspecified atom stereocenters. The third-order valence-corrected chi connectivity index (χ3v) is 4.26. The molecular weight excluding hydrogens is 328 g/mol. The maximum absolute atomic E-state index is 5.90. The van der Waals surface area contributed by atoms with E-state index in [4.69, 9.17) is 21.1 Å². The number of ether oxygens (including phenoxy) is 2. The highest BCUT2D eigenvalue weighted by Crippen LogP contribution is 2.14. The van der Waals surface area contributed by atoms with Crippen molar-refractivity contribution >= 4 is 17.6 Å². The molecule has 0 atom stereocenters. The maximum atomic E-state index is 5.90. The summed E-state index contributed by atoms with van der Waals surface area (Å²) in [5, 5.41) is 3.90. The van der Waals surface area contributed by atoms with Crippen molar-refractivity contribution in [2.45, 2.75) is 31.9 Å². The SMILES string of the molecule is CN=C(NCc1ccc(Cl)nc1)N1CCC(OCCCOC)CC1. The summed E-state index contributed by atoms with van der Waals surface area (Å²) in [5.41, 5.74) is 1.08. The second-order valence-corrected chi connectivity index (χ2v) is 6.18. The number of rotatable bonds is 7. The minimum Gasteiger partial charge on any atom is -0.385 e. The normalized spacial score (nSPS) is 16.5. The molecule has 7 heteroatoms. The number of aromatic nitrogens is 1. The predicted octanol–water partition coefficient (Wildman–Crippen LogP) is 2.33. The molecule has 0 aliphatic carbocycles. The van der Waals surface area contributed by atoms with E-state index in [-0.39, 0.29) is 0 Å². The Hall–Kier alpha value is -1.37. The molecule has 2 heterocycles. The number of nitrogens with one attached hydrogen (secondary N) is 1. The molecule has 0 amide bonds. The Balaban J connectivity index is 1.71. The predicted molar refractivity (Wildman–Crippen MR) is 96.5 cm³/mol. The van der Waals surface area contributed by atoms with Crippen LogP contribution in [0.2, 0.25) is 5.15 Å². The van der Waals surface area contributed by atoms with Gasteiger partial charge in [-0.15, -0.1) is 0 Å². The highest BCUT2D eigenvalue weighted by molar-refractivity contribution is 6.29. The second-order valence-electron chi connectivity index (χ2n) is 5.79. The van der Waals surface area contributed by atoms with E-state index < -0.39 is 0 Å². The van der Waals surface area contributed by atoms with Crippen molar-refractivity contribution in [3.63, 3.8) is 0 Å². The molecule has 1 fully saturated rings. The lowest BCUT2D eigenvalue weighted by Crippen LogP contribution is -2.46. The first-order chi connectivity index (χ1) is 11.7. The van der Waals surface area contributed by atoms with Crippen molar-refractivity contribution in [3.8, 4) is 0 Å². The van der Waals surface area contributed by atoms with Crippen molar-refractivity contribution in [3.05, 3.63) is 29.0 Å². The van der Waals surface area contributed by atoms with E-state index in [0.717, 1.165) is 57.1 Å². The topological polar surface area (TPSA) is 59.0 Å². The standard InChI is InChI=1S/C17H27ClN4O2/c1-19-17(21-13-14-4-5-16(18)20-12-14)22-8-6-15(7-9-22)24-11-3-10-23-2/h4-5,12,15H,3,6-11,13H2,1-2H3,(H,19,21). The Morgan fingerprint density at radius 3 is 2.79 bits per heavy atom.